The summed E-state index contributed by atoms with van der Waals surface area (Å²) < 4.78 is 52.7. The van der Waals surface area contributed by atoms with Crippen LogP contribution in [0.2, 0.25) is 0 Å². The summed E-state index contributed by atoms with van der Waals surface area (Å²) in [5.74, 6) is -7.72. The number of carbonyl (C=O) groups excluding carboxylic acids is 1. The fourth-order valence-corrected chi connectivity index (χ4v) is 2.21. The van der Waals surface area contributed by atoms with Crippen LogP contribution in [-0.2, 0) is 4.79 Å². The van der Waals surface area contributed by atoms with Gasteiger partial charge < -0.3 is 11.1 Å². The van der Waals surface area contributed by atoms with E-state index in [2.05, 4.69) is 0 Å². The number of nitrogens with one attached hydrogen (secondary N) is 1. The number of rotatable bonds is 2. The Morgan fingerprint density at radius 1 is 1.16 bits per heavy atom. The molecule has 0 saturated heterocycles. The van der Waals surface area contributed by atoms with Crippen LogP contribution < -0.4 is 11.1 Å². The first-order valence-corrected chi connectivity index (χ1v) is 5.81. The number of halogens is 4. The van der Waals surface area contributed by atoms with Crippen molar-refractivity contribution in [2.24, 2.45) is 11.7 Å². The molecule has 0 heterocycles. The predicted octanol–water partition coefficient (Wildman–Crippen LogP) is 2.31. The highest BCUT2D eigenvalue weighted by Gasteiger charge is 2.32. The van der Waals surface area contributed by atoms with Crippen molar-refractivity contribution in [1.29, 1.82) is 0 Å². The van der Waals surface area contributed by atoms with Gasteiger partial charge in [-0.15, -0.1) is 0 Å². The molecule has 104 valence electrons. The molecule has 3 N–H and O–H groups in total. The molecular formula is C12H12F4N2O. The van der Waals surface area contributed by atoms with Gasteiger partial charge in [-0.3, -0.25) is 4.79 Å². The van der Waals surface area contributed by atoms with Gasteiger partial charge in [0.15, 0.2) is 23.3 Å². The number of carbonyl (C=O) groups is 1. The molecule has 1 amide bonds. The van der Waals surface area contributed by atoms with Crippen molar-refractivity contribution in [3.05, 3.63) is 29.3 Å². The molecule has 3 nitrogen and oxygen atoms in total. The Kier molecular flexibility index (Phi) is 3.75. The number of anilines is 1. The van der Waals surface area contributed by atoms with E-state index >= 15 is 0 Å². The van der Waals surface area contributed by atoms with Crippen molar-refractivity contribution in [1.82, 2.24) is 0 Å². The first kappa shape index (κ1) is 13.8. The minimum Gasteiger partial charge on any atom is -0.327 e. The molecule has 1 aliphatic carbocycles. The van der Waals surface area contributed by atoms with Crippen LogP contribution >= 0.6 is 0 Å². The smallest absolute Gasteiger partial charge is 0.229 e. The van der Waals surface area contributed by atoms with Gasteiger partial charge in [0.2, 0.25) is 5.91 Å². The molecule has 7 heteroatoms. The molecule has 1 aromatic rings. The van der Waals surface area contributed by atoms with Gasteiger partial charge in [-0.25, -0.2) is 17.6 Å². The number of hydrogen-bond donors (Lipinski definition) is 2. The summed E-state index contributed by atoms with van der Waals surface area (Å²) in [5, 5.41) is 1.88. The average Bonchev–Trinajstić information content (AvgIpc) is 2.78. The largest absolute Gasteiger partial charge is 0.327 e. The van der Waals surface area contributed by atoms with Crippen molar-refractivity contribution in [2.45, 2.75) is 25.3 Å². The Labute approximate surface area is 106 Å². The van der Waals surface area contributed by atoms with Gasteiger partial charge in [0.05, 0.1) is 5.92 Å². The third-order valence-electron chi connectivity index (χ3n) is 3.27. The molecule has 2 rings (SSSR count). The van der Waals surface area contributed by atoms with Gasteiger partial charge in [0.25, 0.3) is 0 Å². The van der Waals surface area contributed by atoms with Crippen LogP contribution in [0, 0.1) is 29.2 Å². The van der Waals surface area contributed by atoms with E-state index in [9.17, 15) is 22.4 Å². The predicted molar refractivity (Wildman–Crippen MR) is 60.2 cm³/mol. The van der Waals surface area contributed by atoms with Crippen LogP contribution in [0.25, 0.3) is 0 Å². The highest BCUT2D eigenvalue weighted by Crippen LogP contribution is 2.28. The lowest BCUT2D eigenvalue weighted by Crippen LogP contribution is -2.34. The monoisotopic (exact) mass is 276 g/mol. The Morgan fingerprint density at radius 3 is 2.21 bits per heavy atom. The maximum atomic E-state index is 13.4. The van der Waals surface area contributed by atoms with E-state index in [0.29, 0.717) is 12.8 Å². The Bertz CT molecular complexity index is 495. The molecule has 1 aliphatic rings. The molecule has 0 bridgehead atoms. The highest BCUT2D eigenvalue weighted by molar-refractivity contribution is 5.93. The van der Waals surface area contributed by atoms with Crippen molar-refractivity contribution >= 4 is 11.6 Å². The van der Waals surface area contributed by atoms with E-state index in [1.807, 2.05) is 5.32 Å². The summed E-state index contributed by atoms with van der Waals surface area (Å²) in [4.78, 5) is 11.8. The molecule has 0 spiro atoms. The summed E-state index contributed by atoms with van der Waals surface area (Å²) in [6.45, 7) is 0. The second kappa shape index (κ2) is 5.16. The minimum atomic E-state index is -1.63. The normalized spacial score (nSPS) is 22.6. The summed E-state index contributed by atoms with van der Waals surface area (Å²) in [6, 6.07) is -0.328. The maximum absolute atomic E-state index is 13.4. The summed E-state index contributed by atoms with van der Waals surface area (Å²) >= 11 is 0. The number of nitrogens with two attached hydrogens (primary N) is 1. The van der Waals surface area contributed by atoms with E-state index in [-0.39, 0.29) is 6.07 Å². The van der Waals surface area contributed by atoms with Crippen LogP contribution in [0.15, 0.2) is 6.07 Å². The SMILES string of the molecule is NC1CCCC1C(=O)Nc1c(F)c(F)cc(F)c1F. The van der Waals surface area contributed by atoms with Gasteiger partial charge >= 0.3 is 0 Å². The van der Waals surface area contributed by atoms with Crippen LogP contribution in [0.1, 0.15) is 19.3 Å². The van der Waals surface area contributed by atoms with Gasteiger partial charge in [-0.2, -0.15) is 0 Å². The Balaban J connectivity index is 2.26. The lowest BCUT2D eigenvalue weighted by atomic mass is 10.0. The summed E-state index contributed by atoms with van der Waals surface area (Å²) in [7, 11) is 0. The van der Waals surface area contributed by atoms with Gasteiger partial charge in [-0.1, -0.05) is 6.42 Å². The second-order valence-corrected chi connectivity index (χ2v) is 4.53. The van der Waals surface area contributed by atoms with Crippen LogP contribution in [0.3, 0.4) is 0 Å². The molecule has 1 fully saturated rings. The molecule has 0 radical (unpaired) electrons. The molecular weight excluding hydrogens is 264 g/mol. The number of hydrogen-bond acceptors (Lipinski definition) is 2. The zero-order chi connectivity index (χ0) is 14.2. The third-order valence-corrected chi connectivity index (χ3v) is 3.27. The zero-order valence-corrected chi connectivity index (χ0v) is 9.85. The van der Waals surface area contributed by atoms with E-state index in [1.54, 1.807) is 0 Å². The van der Waals surface area contributed by atoms with Crippen molar-refractivity contribution in [2.75, 3.05) is 5.32 Å². The third kappa shape index (κ3) is 2.56. The van der Waals surface area contributed by atoms with E-state index < -0.39 is 46.8 Å². The van der Waals surface area contributed by atoms with Gasteiger partial charge in [0.1, 0.15) is 5.69 Å². The molecule has 0 aliphatic heterocycles. The van der Waals surface area contributed by atoms with E-state index in [1.165, 1.54) is 0 Å². The lowest BCUT2D eigenvalue weighted by molar-refractivity contribution is -0.120. The molecule has 19 heavy (non-hydrogen) atoms. The first-order chi connectivity index (χ1) is 8.91. The van der Waals surface area contributed by atoms with Crippen LogP contribution in [0.5, 0.6) is 0 Å². The number of benzene rings is 1. The van der Waals surface area contributed by atoms with Gasteiger partial charge in [-0.05, 0) is 12.8 Å². The van der Waals surface area contributed by atoms with Crippen molar-refractivity contribution < 1.29 is 22.4 Å². The van der Waals surface area contributed by atoms with Crippen LogP contribution in [0.4, 0.5) is 23.2 Å². The first-order valence-electron chi connectivity index (χ1n) is 5.81. The summed E-state index contributed by atoms with van der Waals surface area (Å²) in [5.41, 5.74) is 4.56. The van der Waals surface area contributed by atoms with E-state index in [0.717, 1.165) is 6.42 Å². The maximum Gasteiger partial charge on any atom is 0.229 e. The standard InChI is InChI=1S/C12H12F4N2O/c13-6-4-7(14)10(16)11(9(6)15)18-12(19)5-2-1-3-8(5)17/h4-5,8H,1-3,17H2,(H,18,19). The second-order valence-electron chi connectivity index (χ2n) is 4.53. The Hall–Kier alpha value is -1.63. The van der Waals surface area contributed by atoms with Crippen LogP contribution in [-0.4, -0.2) is 11.9 Å². The quantitative estimate of drug-likeness (QED) is 0.643. The lowest BCUT2D eigenvalue weighted by Gasteiger charge is -2.16. The number of amides is 1. The Morgan fingerprint density at radius 2 is 1.74 bits per heavy atom. The molecule has 2 atom stereocenters. The molecule has 1 aromatic carbocycles. The topological polar surface area (TPSA) is 55.1 Å². The minimum absolute atomic E-state index is 0.0849. The fraction of sp³-hybridized carbons (Fsp3) is 0.417. The highest BCUT2D eigenvalue weighted by atomic mass is 19.2. The van der Waals surface area contributed by atoms with E-state index in [4.69, 9.17) is 5.73 Å². The molecule has 0 aromatic heterocycles. The van der Waals surface area contributed by atoms with Crippen molar-refractivity contribution in [3.63, 3.8) is 0 Å². The summed E-state index contributed by atoms with van der Waals surface area (Å²) in [6.07, 6.45) is 1.83. The average molecular weight is 276 g/mol. The van der Waals surface area contributed by atoms with Gasteiger partial charge in [0, 0.05) is 12.1 Å². The fourth-order valence-electron chi connectivity index (χ4n) is 2.21. The molecule has 1 saturated carbocycles. The zero-order valence-electron chi connectivity index (χ0n) is 9.85. The molecule has 2 unspecified atom stereocenters. The van der Waals surface area contributed by atoms with Crippen molar-refractivity contribution in [3.8, 4) is 0 Å².